The van der Waals surface area contributed by atoms with Gasteiger partial charge in [-0.3, -0.25) is 4.79 Å². The molecule has 114 valence electrons. The van der Waals surface area contributed by atoms with Crippen LogP contribution in [-0.2, 0) is 4.79 Å². The lowest BCUT2D eigenvalue weighted by Crippen LogP contribution is -2.37. The first-order valence-corrected chi connectivity index (χ1v) is 8.31. The molecule has 3 nitrogen and oxygen atoms in total. The van der Waals surface area contributed by atoms with Crippen molar-refractivity contribution in [3.8, 4) is 0 Å². The Morgan fingerprint density at radius 3 is 2.38 bits per heavy atom. The highest BCUT2D eigenvalue weighted by Crippen LogP contribution is 2.33. The summed E-state index contributed by atoms with van der Waals surface area (Å²) in [5, 5.41) is 6.71. The largest absolute Gasteiger partial charge is 0.382 e. The van der Waals surface area contributed by atoms with Crippen molar-refractivity contribution in [2.75, 3.05) is 10.6 Å². The van der Waals surface area contributed by atoms with E-state index in [0.717, 1.165) is 24.2 Å². The zero-order chi connectivity index (χ0) is 14.8. The highest BCUT2D eigenvalue weighted by atomic mass is 16.2. The van der Waals surface area contributed by atoms with Gasteiger partial charge in [0.2, 0.25) is 5.91 Å². The number of nitrogens with one attached hydrogen (secondary N) is 2. The van der Waals surface area contributed by atoms with Crippen molar-refractivity contribution in [1.29, 1.82) is 0 Å². The van der Waals surface area contributed by atoms with E-state index in [1.165, 1.54) is 19.3 Å². The van der Waals surface area contributed by atoms with Gasteiger partial charge >= 0.3 is 0 Å². The van der Waals surface area contributed by atoms with E-state index in [9.17, 15) is 4.79 Å². The summed E-state index contributed by atoms with van der Waals surface area (Å²) in [7, 11) is 0. The molecule has 0 radical (unpaired) electrons. The third-order valence-corrected chi connectivity index (χ3v) is 4.96. The fraction of sp³-hybridized carbons (Fsp3) is 0.611. The summed E-state index contributed by atoms with van der Waals surface area (Å²) in [5.41, 5.74) is 2.03. The maximum absolute atomic E-state index is 11.8. The lowest BCUT2D eigenvalue weighted by atomic mass is 9.78. The third-order valence-electron chi connectivity index (χ3n) is 4.96. The molecule has 0 spiro atoms. The van der Waals surface area contributed by atoms with Gasteiger partial charge in [0.25, 0.3) is 0 Å². The molecular weight excluding hydrogens is 260 g/mol. The summed E-state index contributed by atoms with van der Waals surface area (Å²) < 4.78 is 0. The molecule has 2 aliphatic carbocycles. The normalized spacial score (nSPS) is 29.0. The molecule has 0 saturated heterocycles. The summed E-state index contributed by atoms with van der Waals surface area (Å²) in [5.74, 6) is 1.84. The molecule has 2 unspecified atom stereocenters. The molecule has 2 atom stereocenters. The average Bonchev–Trinajstić information content (AvgIpc) is 3.28. The standard InChI is InChI=1S/C18H26N2O/c1-12-5-3-6-13(2)17(12)19-15-7-4-8-16(11-15)20-18(21)14-9-10-14/h4,7-8,11-14,17,19H,3,5-6,9-10H2,1-2H3,(H,20,21). The van der Waals surface area contributed by atoms with E-state index in [1.807, 2.05) is 12.1 Å². The quantitative estimate of drug-likeness (QED) is 0.867. The molecule has 3 rings (SSSR count). The molecule has 0 heterocycles. The molecule has 21 heavy (non-hydrogen) atoms. The number of hydrogen-bond donors (Lipinski definition) is 2. The Labute approximate surface area is 127 Å². The van der Waals surface area contributed by atoms with Gasteiger partial charge in [-0.15, -0.1) is 0 Å². The Bertz CT molecular complexity index is 500. The van der Waals surface area contributed by atoms with Crippen LogP contribution in [0.5, 0.6) is 0 Å². The van der Waals surface area contributed by atoms with Gasteiger partial charge in [-0.05, 0) is 55.7 Å². The number of amides is 1. The van der Waals surface area contributed by atoms with Crippen molar-refractivity contribution in [1.82, 2.24) is 0 Å². The van der Waals surface area contributed by atoms with Crippen LogP contribution in [0.25, 0.3) is 0 Å². The Kier molecular flexibility index (Phi) is 4.18. The van der Waals surface area contributed by atoms with Gasteiger partial charge in [0.05, 0.1) is 0 Å². The SMILES string of the molecule is CC1CCCC(C)C1Nc1cccc(NC(=O)C2CC2)c1. The van der Waals surface area contributed by atoms with Crippen LogP contribution in [0.2, 0.25) is 0 Å². The van der Waals surface area contributed by atoms with Crippen molar-refractivity contribution < 1.29 is 4.79 Å². The van der Waals surface area contributed by atoms with E-state index in [-0.39, 0.29) is 11.8 Å². The predicted molar refractivity (Wildman–Crippen MR) is 87.4 cm³/mol. The minimum Gasteiger partial charge on any atom is -0.382 e. The van der Waals surface area contributed by atoms with Crippen LogP contribution in [0.1, 0.15) is 46.0 Å². The van der Waals surface area contributed by atoms with Gasteiger partial charge in [0.15, 0.2) is 0 Å². The number of anilines is 2. The van der Waals surface area contributed by atoms with Crippen molar-refractivity contribution in [3.63, 3.8) is 0 Å². The number of carbonyl (C=O) groups excluding carboxylic acids is 1. The topological polar surface area (TPSA) is 41.1 Å². The lowest BCUT2D eigenvalue weighted by molar-refractivity contribution is -0.117. The van der Waals surface area contributed by atoms with Gasteiger partial charge in [-0.25, -0.2) is 0 Å². The number of rotatable bonds is 4. The molecular formula is C18H26N2O. The zero-order valence-corrected chi connectivity index (χ0v) is 13.1. The van der Waals surface area contributed by atoms with Crippen LogP contribution in [0.4, 0.5) is 11.4 Å². The number of hydrogen-bond acceptors (Lipinski definition) is 2. The van der Waals surface area contributed by atoms with Crippen LogP contribution in [-0.4, -0.2) is 11.9 Å². The van der Waals surface area contributed by atoms with Crippen molar-refractivity contribution >= 4 is 17.3 Å². The van der Waals surface area contributed by atoms with E-state index in [2.05, 4.69) is 36.6 Å². The molecule has 0 aromatic heterocycles. The summed E-state index contributed by atoms with van der Waals surface area (Å²) >= 11 is 0. The fourth-order valence-electron chi connectivity index (χ4n) is 3.44. The number of benzene rings is 1. The van der Waals surface area contributed by atoms with E-state index in [0.29, 0.717) is 17.9 Å². The lowest BCUT2D eigenvalue weighted by Gasteiger charge is -2.36. The summed E-state index contributed by atoms with van der Waals surface area (Å²) in [6.07, 6.45) is 6.04. The molecule has 0 aliphatic heterocycles. The summed E-state index contributed by atoms with van der Waals surface area (Å²) in [6, 6.07) is 8.69. The van der Waals surface area contributed by atoms with Crippen LogP contribution in [0.3, 0.4) is 0 Å². The maximum atomic E-state index is 11.8. The van der Waals surface area contributed by atoms with Crippen molar-refractivity contribution in [3.05, 3.63) is 24.3 Å². The van der Waals surface area contributed by atoms with Crippen LogP contribution in [0, 0.1) is 17.8 Å². The van der Waals surface area contributed by atoms with Crippen molar-refractivity contribution in [2.45, 2.75) is 52.0 Å². The molecule has 3 heteroatoms. The van der Waals surface area contributed by atoms with Gasteiger partial charge in [-0.1, -0.05) is 26.3 Å². The first-order chi connectivity index (χ1) is 10.1. The van der Waals surface area contributed by atoms with Gasteiger partial charge in [0.1, 0.15) is 0 Å². The van der Waals surface area contributed by atoms with E-state index < -0.39 is 0 Å². The van der Waals surface area contributed by atoms with Crippen LogP contribution < -0.4 is 10.6 Å². The van der Waals surface area contributed by atoms with Crippen molar-refractivity contribution in [2.24, 2.45) is 17.8 Å². The molecule has 0 bridgehead atoms. The van der Waals surface area contributed by atoms with E-state index in [1.54, 1.807) is 0 Å². The van der Waals surface area contributed by atoms with E-state index >= 15 is 0 Å². The summed E-state index contributed by atoms with van der Waals surface area (Å²) in [4.78, 5) is 11.8. The molecule has 2 fully saturated rings. The second kappa shape index (κ2) is 6.08. The van der Waals surface area contributed by atoms with E-state index in [4.69, 9.17) is 0 Å². The monoisotopic (exact) mass is 286 g/mol. The van der Waals surface area contributed by atoms with Gasteiger partial charge < -0.3 is 10.6 Å². The Hall–Kier alpha value is -1.51. The first-order valence-electron chi connectivity index (χ1n) is 8.31. The number of carbonyl (C=O) groups is 1. The maximum Gasteiger partial charge on any atom is 0.227 e. The Morgan fingerprint density at radius 1 is 1.05 bits per heavy atom. The molecule has 1 aromatic rings. The van der Waals surface area contributed by atoms with Crippen LogP contribution in [0.15, 0.2) is 24.3 Å². The highest BCUT2D eigenvalue weighted by Gasteiger charge is 2.30. The molecule has 2 N–H and O–H groups in total. The Balaban J connectivity index is 1.66. The Morgan fingerprint density at radius 2 is 1.71 bits per heavy atom. The molecule has 2 saturated carbocycles. The first kappa shape index (κ1) is 14.4. The average molecular weight is 286 g/mol. The smallest absolute Gasteiger partial charge is 0.227 e. The minimum atomic E-state index is 0.173. The fourth-order valence-corrected chi connectivity index (χ4v) is 3.44. The third kappa shape index (κ3) is 3.58. The predicted octanol–water partition coefficient (Wildman–Crippen LogP) is 4.27. The summed E-state index contributed by atoms with van der Waals surface area (Å²) in [6.45, 7) is 4.68. The second-order valence-electron chi connectivity index (χ2n) is 6.90. The molecule has 1 amide bonds. The molecule has 1 aromatic carbocycles. The van der Waals surface area contributed by atoms with Gasteiger partial charge in [-0.2, -0.15) is 0 Å². The zero-order valence-electron chi connectivity index (χ0n) is 13.1. The highest BCUT2D eigenvalue weighted by molar-refractivity contribution is 5.94. The minimum absolute atomic E-state index is 0.173. The van der Waals surface area contributed by atoms with Crippen LogP contribution >= 0.6 is 0 Å². The second-order valence-corrected chi connectivity index (χ2v) is 6.90. The molecule has 2 aliphatic rings. The van der Waals surface area contributed by atoms with Gasteiger partial charge in [0, 0.05) is 23.3 Å².